The summed E-state index contributed by atoms with van der Waals surface area (Å²) in [5, 5.41) is 0. The minimum Gasteiger partial charge on any atom is -0.263 e. The number of aryl methyl sites for hydroxylation is 1. The van der Waals surface area contributed by atoms with Gasteiger partial charge in [0, 0.05) is 0 Å². The van der Waals surface area contributed by atoms with E-state index in [0.717, 1.165) is 24.8 Å². The fourth-order valence-electron chi connectivity index (χ4n) is 1.69. The molecule has 102 valence electrons. The third-order valence-electron chi connectivity index (χ3n) is 2.91. The van der Waals surface area contributed by atoms with Crippen LogP contribution in [-0.2, 0) is 14.3 Å². The van der Waals surface area contributed by atoms with Crippen molar-refractivity contribution in [2.24, 2.45) is 0 Å². The Kier molecular flexibility index (Phi) is 5.82. The van der Waals surface area contributed by atoms with Crippen molar-refractivity contribution in [3.05, 3.63) is 29.8 Å². The molecule has 1 aromatic carbocycles. The van der Waals surface area contributed by atoms with E-state index < -0.39 is 10.1 Å². The van der Waals surface area contributed by atoms with Crippen LogP contribution in [0.25, 0.3) is 0 Å². The minimum absolute atomic E-state index is 0.212. The van der Waals surface area contributed by atoms with Gasteiger partial charge in [-0.1, -0.05) is 44.4 Å². The van der Waals surface area contributed by atoms with Crippen molar-refractivity contribution >= 4 is 10.1 Å². The Balaban J connectivity index is 2.77. The van der Waals surface area contributed by atoms with Crippen LogP contribution in [0.4, 0.5) is 0 Å². The van der Waals surface area contributed by atoms with Gasteiger partial charge in [0.05, 0.1) is 11.0 Å². The zero-order valence-corrected chi connectivity index (χ0v) is 12.2. The fourth-order valence-corrected chi connectivity index (χ4v) is 2.86. The molecule has 0 radical (unpaired) electrons. The van der Waals surface area contributed by atoms with Gasteiger partial charge < -0.3 is 0 Å². The van der Waals surface area contributed by atoms with Gasteiger partial charge in [0.1, 0.15) is 0 Å². The average Bonchev–Trinajstić information content (AvgIpc) is 2.35. The number of hydrogen-bond donors (Lipinski definition) is 0. The highest BCUT2D eigenvalue weighted by molar-refractivity contribution is 7.86. The van der Waals surface area contributed by atoms with Crippen LogP contribution in [0.2, 0.25) is 0 Å². The molecule has 0 heterocycles. The van der Waals surface area contributed by atoms with Crippen molar-refractivity contribution in [1.82, 2.24) is 0 Å². The molecule has 0 bridgehead atoms. The average molecular weight is 270 g/mol. The van der Waals surface area contributed by atoms with E-state index >= 15 is 0 Å². The lowest BCUT2D eigenvalue weighted by Crippen LogP contribution is -2.18. The lowest BCUT2D eigenvalue weighted by molar-refractivity contribution is 0.191. The van der Waals surface area contributed by atoms with Crippen molar-refractivity contribution < 1.29 is 12.6 Å². The summed E-state index contributed by atoms with van der Waals surface area (Å²) in [6, 6.07) is 6.75. The molecule has 0 aliphatic rings. The molecule has 0 saturated carbocycles. The van der Waals surface area contributed by atoms with Gasteiger partial charge in [0.25, 0.3) is 10.1 Å². The molecule has 0 aliphatic carbocycles. The predicted octanol–water partition coefficient (Wildman–Crippen LogP) is 3.67. The van der Waals surface area contributed by atoms with Crippen molar-refractivity contribution in [2.75, 3.05) is 0 Å². The van der Waals surface area contributed by atoms with Crippen molar-refractivity contribution in [1.29, 1.82) is 0 Å². The molecule has 4 heteroatoms. The number of hydrogen-bond acceptors (Lipinski definition) is 3. The Hall–Kier alpha value is -0.870. The van der Waals surface area contributed by atoms with E-state index in [1.807, 2.05) is 13.8 Å². The molecule has 0 aromatic heterocycles. The van der Waals surface area contributed by atoms with Crippen LogP contribution < -0.4 is 0 Å². The minimum atomic E-state index is -3.62. The van der Waals surface area contributed by atoms with Gasteiger partial charge in [-0.15, -0.1) is 0 Å². The zero-order valence-electron chi connectivity index (χ0n) is 11.3. The Morgan fingerprint density at radius 3 is 2.28 bits per heavy atom. The lowest BCUT2D eigenvalue weighted by atomic mass is 10.1. The van der Waals surface area contributed by atoms with Gasteiger partial charge in [0.2, 0.25) is 0 Å². The van der Waals surface area contributed by atoms with E-state index in [-0.39, 0.29) is 11.0 Å². The van der Waals surface area contributed by atoms with Crippen LogP contribution in [0, 0.1) is 6.92 Å². The van der Waals surface area contributed by atoms with Crippen molar-refractivity contribution in [3.8, 4) is 0 Å². The van der Waals surface area contributed by atoms with Gasteiger partial charge in [-0.05, 0) is 31.9 Å². The number of rotatable bonds is 7. The topological polar surface area (TPSA) is 43.4 Å². The normalized spacial score (nSPS) is 13.5. The monoisotopic (exact) mass is 270 g/mol. The van der Waals surface area contributed by atoms with Gasteiger partial charge in [-0.25, -0.2) is 0 Å². The molecule has 0 spiro atoms. The molecule has 0 amide bonds. The Morgan fingerprint density at radius 2 is 1.78 bits per heavy atom. The van der Waals surface area contributed by atoms with Crippen LogP contribution in [0.15, 0.2) is 29.2 Å². The zero-order chi connectivity index (χ0) is 13.6. The first kappa shape index (κ1) is 15.2. The first-order chi connectivity index (χ1) is 8.49. The lowest BCUT2D eigenvalue weighted by Gasteiger charge is -2.15. The van der Waals surface area contributed by atoms with Gasteiger partial charge in [-0.2, -0.15) is 8.42 Å². The molecule has 0 aliphatic heterocycles. The van der Waals surface area contributed by atoms with E-state index in [0.29, 0.717) is 6.42 Å². The van der Waals surface area contributed by atoms with Crippen molar-refractivity contribution in [2.45, 2.75) is 57.5 Å². The second kappa shape index (κ2) is 6.90. The summed E-state index contributed by atoms with van der Waals surface area (Å²) in [7, 11) is -3.62. The van der Waals surface area contributed by atoms with Crippen LogP contribution >= 0.6 is 0 Å². The predicted molar refractivity (Wildman–Crippen MR) is 73.1 cm³/mol. The van der Waals surface area contributed by atoms with Crippen LogP contribution in [0.5, 0.6) is 0 Å². The highest BCUT2D eigenvalue weighted by Gasteiger charge is 2.20. The maximum absolute atomic E-state index is 12.1. The first-order valence-corrected chi connectivity index (χ1v) is 7.90. The van der Waals surface area contributed by atoms with Crippen LogP contribution in [-0.4, -0.2) is 14.5 Å². The van der Waals surface area contributed by atoms with E-state index in [1.54, 1.807) is 24.3 Å². The number of unbranched alkanes of at least 4 members (excludes halogenated alkanes) is 1. The quantitative estimate of drug-likeness (QED) is 0.710. The van der Waals surface area contributed by atoms with Gasteiger partial charge in [0.15, 0.2) is 0 Å². The highest BCUT2D eigenvalue weighted by atomic mass is 32.2. The van der Waals surface area contributed by atoms with Crippen LogP contribution in [0.3, 0.4) is 0 Å². The fraction of sp³-hybridized carbons (Fsp3) is 0.571. The molecule has 1 unspecified atom stereocenters. The molecular formula is C14H22O3S. The van der Waals surface area contributed by atoms with E-state index in [2.05, 4.69) is 6.92 Å². The maximum atomic E-state index is 12.1. The standard InChI is InChI=1S/C14H22O3S/c1-4-6-7-13(5-2)17-18(15,16)14-10-8-12(3)9-11-14/h8-11,13H,4-7H2,1-3H3. The Morgan fingerprint density at radius 1 is 1.17 bits per heavy atom. The molecule has 3 nitrogen and oxygen atoms in total. The molecule has 0 fully saturated rings. The second-order valence-corrected chi connectivity index (χ2v) is 6.11. The summed E-state index contributed by atoms with van der Waals surface area (Å²) in [5.74, 6) is 0. The summed E-state index contributed by atoms with van der Waals surface area (Å²) < 4.78 is 29.4. The maximum Gasteiger partial charge on any atom is 0.297 e. The third kappa shape index (κ3) is 4.42. The molecule has 0 N–H and O–H groups in total. The molecule has 1 rings (SSSR count). The largest absolute Gasteiger partial charge is 0.297 e. The smallest absolute Gasteiger partial charge is 0.263 e. The summed E-state index contributed by atoms with van der Waals surface area (Å²) in [6.07, 6.45) is 3.33. The summed E-state index contributed by atoms with van der Waals surface area (Å²) in [4.78, 5) is 0.239. The van der Waals surface area contributed by atoms with Gasteiger partial charge >= 0.3 is 0 Å². The molecule has 18 heavy (non-hydrogen) atoms. The summed E-state index contributed by atoms with van der Waals surface area (Å²) >= 11 is 0. The molecule has 0 saturated heterocycles. The Labute approximate surface area is 110 Å². The first-order valence-electron chi connectivity index (χ1n) is 6.49. The van der Waals surface area contributed by atoms with E-state index in [9.17, 15) is 8.42 Å². The third-order valence-corrected chi connectivity index (χ3v) is 4.28. The molecule has 1 atom stereocenters. The summed E-state index contributed by atoms with van der Waals surface area (Å²) in [6.45, 7) is 5.96. The van der Waals surface area contributed by atoms with Gasteiger partial charge in [-0.3, -0.25) is 4.18 Å². The molecule has 1 aromatic rings. The van der Waals surface area contributed by atoms with Crippen molar-refractivity contribution in [3.63, 3.8) is 0 Å². The number of benzene rings is 1. The van der Waals surface area contributed by atoms with E-state index in [4.69, 9.17) is 4.18 Å². The van der Waals surface area contributed by atoms with Crippen LogP contribution in [0.1, 0.15) is 45.1 Å². The molecular weight excluding hydrogens is 248 g/mol. The van der Waals surface area contributed by atoms with E-state index in [1.165, 1.54) is 0 Å². The second-order valence-electron chi connectivity index (χ2n) is 4.54. The SMILES string of the molecule is CCCCC(CC)OS(=O)(=O)c1ccc(C)cc1. The Bertz CT molecular complexity index is 448. The summed E-state index contributed by atoms with van der Waals surface area (Å²) in [5.41, 5.74) is 1.03. The highest BCUT2D eigenvalue weighted by Crippen LogP contribution is 2.18.